The summed E-state index contributed by atoms with van der Waals surface area (Å²) < 4.78 is 12.4. The molecule has 0 fully saturated rings. The first-order chi connectivity index (χ1) is 18.6. The van der Waals surface area contributed by atoms with Crippen LogP contribution in [0.25, 0.3) is 16.7 Å². The number of fused-ring (bicyclic) bond motifs is 1. The highest BCUT2D eigenvalue weighted by Gasteiger charge is 2.11. The maximum atomic E-state index is 12.7. The van der Waals surface area contributed by atoms with Crippen LogP contribution in [0.1, 0.15) is 81.5 Å². The van der Waals surface area contributed by atoms with Crippen molar-refractivity contribution in [2.75, 3.05) is 6.61 Å². The van der Waals surface area contributed by atoms with Gasteiger partial charge >= 0.3 is 5.97 Å². The van der Waals surface area contributed by atoms with Gasteiger partial charge in [-0.25, -0.2) is 4.79 Å². The predicted octanol–water partition coefficient (Wildman–Crippen LogP) is 8.70. The van der Waals surface area contributed by atoms with E-state index in [1.54, 1.807) is 41.2 Å². The Kier molecular flexibility index (Phi) is 10.7. The Morgan fingerprint density at radius 2 is 1.42 bits per heavy atom. The lowest BCUT2D eigenvalue weighted by Crippen LogP contribution is -2.09. The Bertz CT molecular complexity index is 1300. The third-order valence-electron chi connectivity index (χ3n) is 6.46. The molecule has 0 aliphatic heterocycles. The van der Waals surface area contributed by atoms with Crippen LogP contribution in [0.2, 0.25) is 0 Å². The van der Waals surface area contributed by atoms with Gasteiger partial charge in [-0.3, -0.25) is 0 Å². The van der Waals surface area contributed by atoms with Crippen LogP contribution in [0.5, 0.6) is 11.5 Å². The van der Waals surface area contributed by atoms with E-state index in [-0.39, 0.29) is 0 Å². The highest BCUT2D eigenvalue weighted by Crippen LogP contribution is 2.22. The number of benzene rings is 3. The number of aromatic nitrogens is 3. The molecule has 4 aromatic rings. The van der Waals surface area contributed by atoms with Crippen molar-refractivity contribution in [1.82, 2.24) is 15.0 Å². The summed E-state index contributed by atoms with van der Waals surface area (Å²) in [6.07, 6.45) is 12.9. The first-order valence-electron chi connectivity index (χ1n) is 13.7. The van der Waals surface area contributed by atoms with Crippen LogP contribution in [0.15, 0.2) is 71.2 Å². The minimum atomic E-state index is -0.425. The van der Waals surface area contributed by atoms with Crippen molar-refractivity contribution >= 4 is 32.9 Å². The molecule has 7 heteroatoms. The molecule has 3 aromatic carbocycles. The van der Waals surface area contributed by atoms with Gasteiger partial charge < -0.3 is 9.47 Å². The fourth-order valence-electron chi connectivity index (χ4n) is 4.31. The predicted molar refractivity (Wildman–Crippen MR) is 155 cm³/mol. The molecule has 0 bridgehead atoms. The van der Waals surface area contributed by atoms with Crippen LogP contribution in [0, 0.1) is 0 Å². The van der Waals surface area contributed by atoms with Crippen molar-refractivity contribution in [3.05, 3.63) is 76.8 Å². The molecule has 0 N–H and O–H groups in total. The second-order valence-electron chi connectivity index (χ2n) is 9.56. The second kappa shape index (κ2) is 14.7. The topological polar surface area (TPSA) is 66.2 Å². The zero-order valence-corrected chi connectivity index (χ0v) is 23.7. The van der Waals surface area contributed by atoms with Crippen LogP contribution < -0.4 is 9.47 Å². The monoisotopic (exact) mass is 577 g/mol. The van der Waals surface area contributed by atoms with Gasteiger partial charge in [0.2, 0.25) is 0 Å². The average Bonchev–Trinajstić information content (AvgIpc) is 3.35. The number of halogens is 1. The minimum Gasteiger partial charge on any atom is -0.493 e. The number of ether oxygens (including phenoxy) is 2. The Hall–Kier alpha value is -3.19. The molecule has 38 heavy (non-hydrogen) atoms. The standard InChI is InChI=1S/C31H36BrN3O3/c1-2-3-4-5-6-7-8-9-10-11-21-37-27-13-12-14-28(23-27)38-31(36)24-15-18-26(19-16-24)35-33-29-20-17-25(32)22-30(29)34-35/h12-20,22-23H,2-11,21H2,1H3. The quantitative estimate of drug-likeness (QED) is 0.0802. The zero-order valence-electron chi connectivity index (χ0n) is 22.1. The van der Waals surface area contributed by atoms with Crippen molar-refractivity contribution in [3.63, 3.8) is 0 Å². The Morgan fingerprint density at radius 1 is 0.763 bits per heavy atom. The number of carbonyl (C=O) groups is 1. The second-order valence-corrected chi connectivity index (χ2v) is 10.5. The molecule has 0 saturated carbocycles. The number of hydrogen-bond acceptors (Lipinski definition) is 5. The molecule has 1 aromatic heterocycles. The molecule has 0 radical (unpaired) electrons. The van der Waals surface area contributed by atoms with Crippen LogP contribution >= 0.6 is 15.9 Å². The first-order valence-corrected chi connectivity index (χ1v) is 14.5. The molecule has 0 unspecified atom stereocenters. The summed E-state index contributed by atoms with van der Waals surface area (Å²) in [5, 5.41) is 8.99. The normalized spacial score (nSPS) is 11.1. The van der Waals surface area contributed by atoms with Gasteiger partial charge in [0.25, 0.3) is 0 Å². The lowest BCUT2D eigenvalue weighted by molar-refractivity contribution is 0.0734. The molecule has 0 aliphatic carbocycles. The van der Waals surface area contributed by atoms with E-state index < -0.39 is 5.97 Å². The third-order valence-corrected chi connectivity index (χ3v) is 6.95. The van der Waals surface area contributed by atoms with Crippen LogP contribution in [-0.2, 0) is 0 Å². The van der Waals surface area contributed by atoms with Gasteiger partial charge in [0, 0.05) is 10.5 Å². The fraction of sp³-hybridized carbons (Fsp3) is 0.387. The van der Waals surface area contributed by atoms with Crippen molar-refractivity contribution in [2.24, 2.45) is 0 Å². The molecule has 200 valence electrons. The lowest BCUT2D eigenvalue weighted by atomic mass is 10.1. The van der Waals surface area contributed by atoms with E-state index in [1.165, 1.54) is 57.8 Å². The van der Waals surface area contributed by atoms with E-state index in [1.807, 2.05) is 30.3 Å². The smallest absolute Gasteiger partial charge is 0.343 e. The summed E-state index contributed by atoms with van der Waals surface area (Å²) in [6.45, 7) is 2.93. The summed E-state index contributed by atoms with van der Waals surface area (Å²) in [4.78, 5) is 14.3. The molecule has 6 nitrogen and oxygen atoms in total. The number of hydrogen-bond donors (Lipinski definition) is 0. The van der Waals surface area contributed by atoms with Crippen molar-refractivity contribution in [2.45, 2.75) is 71.1 Å². The number of unbranched alkanes of at least 4 members (excludes halogenated alkanes) is 9. The lowest BCUT2D eigenvalue weighted by Gasteiger charge is -2.09. The van der Waals surface area contributed by atoms with Gasteiger partial charge in [-0.2, -0.15) is 4.80 Å². The van der Waals surface area contributed by atoms with Crippen LogP contribution in [0.4, 0.5) is 0 Å². The largest absolute Gasteiger partial charge is 0.493 e. The molecular formula is C31H36BrN3O3. The number of esters is 1. The summed E-state index contributed by atoms with van der Waals surface area (Å²) >= 11 is 3.45. The number of nitrogens with zero attached hydrogens (tertiary/aromatic N) is 3. The summed E-state index contributed by atoms with van der Waals surface area (Å²) in [5.74, 6) is 0.751. The summed E-state index contributed by atoms with van der Waals surface area (Å²) in [5.41, 5.74) is 2.80. The minimum absolute atomic E-state index is 0.425. The Balaban J connectivity index is 1.20. The van der Waals surface area contributed by atoms with E-state index >= 15 is 0 Å². The molecule has 0 saturated heterocycles. The average molecular weight is 579 g/mol. The molecule has 1 heterocycles. The van der Waals surface area contributed by atoms with Crippen molar-refractivity contribution in [1.29, 1.82) is 0 Å². The zero-order chi connectivity index (χ0) is 26.6. The van der Waals surface area contributed by atoms with Gasteiger partial charge in [-0.05, 0) is 61.0 Å². The number of rotatable bonds is 15. The third kappa shape index (κ3) is 8.42. The van der Waals surface area contributed by atoms with Crippen molar-refractivity contribution in [3.8, 4) is 17.2 Å². The molecule has 0 spiro atoms. The van der Waals surface area contributed by atoms with E-state index in [4.69, 9.17) is 9.47 Å². The van der Waals surface area contributed by atoms with Gasteiger partial charge in [0.15, 0.2) is 0 Å². The maximum absolute atomic E-state index is 12.7. The van der Waals surface area contributed by atoms with E-state index in [0.29, 0.717) is 23.7 Å². The van der Waals surface area contributed by atoms with E-state index in [0.717, 1.165) is 27.6 Å². The molecular weight excluding hydrogens is 542 g/mol. The molecule has 0 aliphatic rings. The highest BCUT2D eigenvalue weighted by molar-refractivity contribution is 9.10. The van der Waals surface area contributed by atoms with Gasteiger partial charge in [0.05, 0.1) is 17.9 Å². The molecule has 0 atom stereocenters. The summed E-state index contributed by atoms with van der Waals surface area (Å²) in [6, 6.07) is 20.0. The van der Waals surface area contributed by atoms with Crippen molar-refractivity contribution < 1.29 is 14.3 Å². The van der Waals surface area contributed by atoms with E-state index in [2.05, 4.69) is 33.1 Å². The SMILES string of the molecule is CCCCCCCCCCCCOc1cccc(OC(=O)c2ccc(-n3nc4ccc(Br)cc4n3)cc2)c1. The van der Waals surface area contributed by atoms with Gasteiger partial charge in [-0.15, -0.1) is 10.2 Å². The fourth-order valence-corrected chi connectivity index (χ4v) is 4.66. The molecule has 0 amide bonds. The maximum Gasteiger partial charge on any atom is 0.343 e. The Morgan fingerprint density at radius 3 is 2.16 bits per heavy atom. The first kappa shape index (κ1) is 27.8. The van der Waals surface area contributed by atoms with Crippen LogP contribution in [-0.4, -0.2) is 27.6 Å². The van der Waals surface area contributed by atoms with E-state index in [9.17, 15) is 4.79 Å². The number of carbonyl (C=O) groups excluding carboxylic acids is 1. The van der Waals surface area contributed by atoms with Gasteiger partial charge in [0.1, 0.15) is 22.5 Å². The highest BCUT2D eigenvalue weighted by atomic mass is 79.9. The Labute approximate surface area is 233 Å². The van der Waals surface area contributed by atoms with Gasteiger partial charge in [-0.1, -0.05) is 86.7 Å². The summed E-state index contributed by atoms with van der Waals surface area (Å²) in [7, 11) is 0. The van der Waals surface area contributed by atoms with Crippen LogP contribution in [0.3, 0.4) is 0 Å². The molecule has 4 rings (SSSR count).